The van der Waals surface area contributed by atoms with Gasteiger partial charge in [0.1, 0.15) is 5.82 Å². The van der Waals surface area contributed by atoms with Gasteiger partial charge in [0.25, 0.3) is 0 Å². The number of carbonyl (C=O) groups is 2. The Bertz CT molecular complexity index is 1160. The Morgan fingerprint density at radius 2 is 1.85 bits per heavy atom. The molecular weight excluding hydrogens is 425 g/mol. The molecule has 0 heterocycles. The number of halogens is 1. The van der Waals surface area contributed by atoms with Crippen LogP contribution in [0.2, 0.25) is 0 Å². The molecule has 0 aliphatic rings. The number of benzene rings is 3. The fraction of sp³-hybridized carbons (Fsp3) is 0.154. The molecule has 0 atom stereocenters. The van der Waals surface area contributed by atoms with E-state index in [1.807, 2.05) is 0 Å². The first-order valence-electron chi connectivity index (χ1n) is 10.3. The van der Waals surface area contributed by atoms with Crippen molar-refractivity contribution in [1.82, 2.24) is 5.48 Å². The minimum Gasteiger partial charge on any atom is -0.493 e. The van der Waals surface area contributed by atoms with Crippen LogP contribution in [0.15, 0.2) is 72.8 Å². The van der Waals surface area contributed by atoms with E-state index in [9.17, 15) is 14.0 Å². The fourth-order valence-corrected chi connectivity index (χ4v) is 3.25. The van der Waals surface area contributed by atoms with E-state index < -0.39 is 5.91 Å². The molecule has 33 heavy (non-hydrogen) atoms. The maximum Gasteiger partial charge on any atom is 0.243 e. The molecule has 1 amide bonds. The second-order valence-corrected chi connectivity index (χ2v) is 7.15. The van der Waals surface area contributed by atoms with E-state index in [0.29, 0.717) is 34.6 Å². The van der Waals surface area contributed by atoms with Crippen LogP contribution in [0, 0.1) is 5.82 Å². The summed E-state index contributed by atoms with van der Waals surface area (Å²) in [4.78, 5) is 24.0. The third-order valence-electron chi connectivity index (χ3n) is 4.87. The maximum atomic E-state index is 13.7. The van der Waals surface area contributed by atoms with Gasteiger partial charge in [-0.05, 0) is 53.5 Å². The second kappa shape index (κ2) is 11.6. The number of methoxy groups -OCH3 is 1. The van der Waals surface area contributed by atoms with Crippen molar-refractivity contribution in [2.75, 3.05) is 13.7 Å². The van der Waals surface area contributed by atoms with Gasteiger partial charge in [-0.3, -0.25) is 14.8 Å². The van der Waals surface area contributed by atoms with E-state index in [-0.39, 0.29) is 24.6 Å². The number of hydrogen-bond donors (Lipinski definition) is 2. The fourth-order valence-electron chi connectivity index (χ4n) is 3.25. The summed E-state index contributed by atoms with van der Waals surface area (Å²) in [6.07, 6.45) is 3.65. The van der Waals surface area contributed by atoms with Crippen molar-refractivity contribution in [2.45, 2.75) is 12.8 Å². The Hall–Kier alpha value is -3.97. The van der Waals surface area contributed by atoms with Gasteiger partial charge in [0, 0.05) is 12.0 Å². The zero-order chi connectivity index (χ0) is 23.6. The van der Waals surface area contributed by atoms with Gasteiger partial charge in [-0.15, -0.1) is 0 Å². The SMILES string of the molecule is COc1ccc(C=CC(=O)c2ccccc2-c2cccc(F)c2)cc1OCCCC(=O)NO. The van der Waals surface area contributed by atoms with Crippen LogP contribution in [0.4, 0.5) is 4.39 Å². The normalized spacial score (nSPS) is 10.8. The van der Waals surface area contributed by atoms with Crippen LogP contribution in [-0.2, 0) is 4.79 Å². The standard InChI is InChI=1S/C26H24FNO5/c1-32-24-14-12-18(16-25(24)33-15-5-10-26(30)28-31)11-13-23(29)22-9-3-2-8-21(22)19-6-4-7-20(27)17-19/h2-4,6-9,11-14,16-17,31H,5,10,15H2,1H3,(H,28,30). The number of allylic oxidation sites excluding steroid dienone is 1. The Kier molecular flexibility index (Phi) is 8.32. The summed E-state index contributed by atoms with van der Waals surface area (Å²) in [5.41, 5.74) is 4.03. The Morgan fingerprint density at radius 1 is 1.03 bits per heavy atom. The molecule has 0 aromatic heterocycles. The van der Waals surface area contributed by atoms with Gasteiger partial charge < -0.3 is 9.47 Å². The average molecular weight is 449 g/mol. The van der Waals surface area contributed by atoms with Crippen molar-refractivity contribution < 1.29 is 28.7 Å². The van der Waals surface area contributed by atoms with Gasteiger partial charge in [-0.25, -0.2) is 9.87 Å². The van der Waals surface area contributed by atoms with Crippen molar-refractivity contribution in [2.24, 2.45) is 0 Å². The maximum absolute atomic E-state index is 13.7. The molecule has 0 saturated carbocycles. The molecule has 0 radical (unpaired) electrons. The minimum absolute atomic E-state index is 0.123. The van der Waals surface area contributed by atoms with Gasteiger partial charge >= 0.3 is 0 Å². The highest BCUT2D eigenvalue weighted by Crippen LogP contribution is 2.29. The number of hydrogen-bond acceptors (Lipinski definition) is 5. The molecule has 0 fully saturated rings. The van der Waals surface area contributed by atoms with Gasteiger partial charge in [0.05, 0.1) is 13.7 Å². The number of carbonyl (C=O) groups excluding carboxylic acids is 2. The van der Waals surface area contributed by atoms with Crippen molar-refractivity contribution in [1.29, 1.82) is 0 Å². The van der Waals surface area contributed by atoms with E-state index >= 15 is 0 Å². The Morgan fingerprint density at radius 3 is 2.61 bits per heavy atom. The molecule has 6 nitrogen and oxygen atoms in total. The van der Waals surface area contributed by atoms with Gasteiger partial charge in [-0.1, -0.05) is 48.5 Å². The number of hydroxylamine groups is 1. The quantitative estimate of drug-likeness (QED) is 0.149. The molecule has 0 bridgehead atoms. The van der Waals surface area contributed by atoms with E-state index in [1.54, 1.807) is 66.2 Å². The predicted octanol–water partition coefficient (Wildman–Crippen LogP) is 5.06. The second-order valence-electron chi connectivity index (χ2n) is 7.15. The largest absolute Gasteiger partial charge is 0.493 e. The van der Waals surface area contributed by atoms with Crippen LogP contribution in [0.25, 0.3) is 17.2 Å². The molecule has 0 unspecified atom stereocenters. The van der Waals surface area contributed by atoms with Crippen LogP contribution >= 0.6 is 0 Å². The highest BCUT2D eigenvalue weighted by Gasteiger charge is 2.11. The first kappa shape index (κ1) is 23.7. The van der Waals surface area contributed by atoms with Crippen molar-refractivity contribution in [3.63, 3.8) is 0 Å². The Balaban J connectivity index is 1.76. The summed E-state index contributed by atoms with van der Waals surface area (Å²) in [5, 5.41) is 8.54. The molecule has 0 aliphatic carbocycles. The third-order valence-corrected chi connectivity index (χ3v) is 4.87. The number of rotatable bonds is 10. The van der Waals surface area contributed by atoms with Gasteiger partial charge in [-0.2, -0.15) is 0 Å². The molecule has 0 spiro atoms. The topological polar surface area (TPSA) is 84.9 Å². The Labute approximate surface area is 191 Å². The molecule has 3 aromatic carbocycles. The van der Waals surface area contributed by atoms with Crippen LogP contribution in [0.5, 0.6) is 11.5 Å². The summed E-state index contributed by atoms with van der Waals surface area (Å²) >= 11 is 0. The van der Waals surface area contributed by atoms with Gasteiger partial charge in [0.15, 0.2) is 17.3 Å². The minimum atomic E-state index is -0.487. The summed E-state index contributed by atoms with van der Waals surface area (Å²) in [6, 6.07) is 18.4. The highest BCUT2D eigenvalue weighted by atomic mass is 19.1. The average Bonchev–Trinajstić information content (AvgIpc) is 2.85. The van der Waals surface area contributed by atoms with Crippen LogP contribution in [0.3, 0.4) is 0 Å². The van der Waals surface area contributed by atoms with E-state index in [2.05, 4.69) is 0 Å². The molecule has 170 valence electrons. The molecule has 0 aliphatic heterocycles. The number of nitrogens with one attached hydrogen (secondary N) is 1. The summed E-state index contributed by atoms with van der Waals surface area (Å²) < 4.78 is 24.7. The lowest BCUT2D eigenvalue weighted by Gasteiger charge is -2.11. The number of ketones is 1. The zero-order valence-electron chi connectivity index (χ0n) is 18.1. The zero-order valence-corrected chi connectivity index (χ0v) is 18.1. The molecule has 0 saturated heterocycles. The lowest BCUT2D eigenvalue weighted by molar-refractivity contribution is -0.129. The van der Waals surface area contributed by atoms with Crippen molar-refractivity contribution in [3.8, 4) is 22.6 Å². The van der Waals surface area contributed by atoms with Crippen LogP contribution in [0.1, 0.15) is 28.8 Å². The summed E-state index contributed by atoms with van der Waals surface area (Å²) in [6.45, 7) is 0.247. The van der Waals surface area contributed by atoms with Gasteiger partial charge in [0.2, 0.25) is 5.91 Å². The third kappa shape index (κ3) is 6.51. The lowest BCUT2D eigenvalue weighted by atomic mass is 9.96. The smallest absolute Gasteiger partial charge is 0.243 e. The summed E-state index contributed by atoms with van der Waals surface area (Å²) in [5.74, 6) is -0.0892. The van der Waals surface area contributed by atoms with Crippen molar-refractivity contribution in [3.05, 3.63) is 89.8 Å². The molecule has 3 aromatic rings. The summed E-state index contributed by atoms with van der Waals surface area (Å²) in [7, 11) is 1.52. The lowest BCUT2D eigenvalue weighted by Crippen LogP contribution is -2.18. The van der Waals surface area contributed by atoms with E-state index in [0.717, 1.165) is 5.56 Å². The first-order chi connectivity index (χ1) is 16.0. The number of ether oxygens (including phenoxy) is 2. The molecule has 2 N–H and O–H groups in total. The van der Waals surface area contributed by atoms with E-state index in [4.69, 9.17) is 14.7 Å². The number of amides is 1. The molecular formula is C26H24FNO5. The first-order valence-corrected chi connectivity index (χ1v) is 10.3. The molecule has 7 heteroatoms. The van der Waals surface area contributed by atoms with E-state index in [1.165, 1.54) is 25.3 Å². The van der Waals surface area contributed by atoms with Crippen LogP contribution < -0.4 is 15.0 Å². The molecule has 3 rings (SSSR count). The van der Waals surface area contributed by atoms with Crippen LogP contribution in [-0.4, -0.2) is 30.6 Å². The highest BCUT2D eigenvalue weighted by molar-refractivity contribution is 6.11. The van der Waals surface area contributed by atoms with Crippen molar-refractivity contribution >= 4 is 17.8 Å². The monoisotopic (exact) mass is 449 g/mol. The predicted molar refractivity (Wildman–Crippen MR) is 123 cm³/mol.